The third kappa shape index (κ3) is 4.31. The first-order valence-corrected chi connectivity index (χ1v) is 7.20. The van der Waals surface area contributed by atoms with Crippen LogP contribution >= 0.6 is 12.4 Å². The molecule has 5 nitrogen and oxygen atoms in total. The molecule has 0 spiro atoms. The molecule has 1 heterocycles. The number of hydrogen-bond donors (Lipinski definition) is 2. The van der Waals surface area contributed by atoms with Gasteiger partial charge in [0.1, 0.15) is 6.61 Å². The predicted octanol–water partition coefficient (Wildman–Crippen LogP) is 1.03. The highest BCUT2D eigenvalue weighted by Crippen LogP contribution is 2.21. The summed E-state index contributed by atoms with van der Waals surface area (Å²) in [5, 5.41) is 8.12. The molecule has 1 fully saturated rings. The minimum atomic E-state index is -3.88. The molecule has 8 heteroatoms. The second kappa shape index (κ2) is 6.51. The van der Waals surface area contributed by atoms with Crippen molar-refractivity contribution in [3.63, 3.8) is 0 Å². The lowest BCUT2D eigenvalue weighted by Gasteiger charge is -2.12. The normalized spacial score (nSPS) is 18.9. The zero-order chi connectivity index (χ0) is 13.2. The summed E-state index contributed by atoms with van der Waals surface area (Å²) in [4.78, 5) is -0.258. The fraction of sp³-hybridized carbons (Fsp3) is 0.455. The van der Waals surface area contributed by atoms with E-state index in [0.29, 0.717) is 6.61 Å². The molecule has 1 saturated heterocycles. The highest BCUT2D eigenvalue weighted by atomic mass is 35.5. The van der Waals surface area contributed by atoms with Gasteiger partial charge in [-0.05, 0) is 37.6 Å². The van der Waals surface area contributed by atoms with Crippen LogP contribution in [0, 0.1) is 5.82 Å². The number of primary sulfonamides is 1. The van der Waals surface area contributed by atoms with Crippen LogP contribution in [0.1, 0.15) is 12.8 Å². The summed E-state index contributed by atoms with van der Waals surface area (Å²) in [5.74, 6) is -0.685. The molecule has 0 saturated carbocycles. The van der Waals surface area contributed by atoms with Gasteiger partial charge in [-0.25, -0.2) is 17.9 Å². The minimum absolute atomic E-state index is 0. The lowest BCUT2D eigenvalue weighted by atomic mass is 10.2. The Morgan fingerprint density at radius 3 is 2.74 bits per heavy atom. The maximum atomic E-state index is 13.6. The molecule has 19 heavy (non-hydrogen) atoms. The fourth-order valence-electron chi connectivity index (χ4n) is 1.86. The Hall–Kier alpha value is -0.890. The Labute approximate surface area is 117 Å². The van der Waals surface area contributed by atoms with Crippen molar-refractivity contribution < 1.29 is 17.5 Å². The number of sulfonamides is 1. The maximum absolute atomic E-state index is 13.6. The molecule has 1 aliphatic rings. The van der Waals surface area contributed by atoms with Crippen LogP contribution in [0.5, 0.6) is 5.75 Å². The van der Waals surface area contributed by atoms with Crippen molar-refractivity contribution in [2.24, 2.45) is 5.14 Å². The topological polar surface area (TPSA) is 81.4 Å². The van der Waals surface area contributed by atoms with Crippen molar-refractivity contribution in [2.75, 3.05) is 13.2 Å². The second-order valence-corrected chi connectivity index (χ2v) is 5.80. The molecule has 1 aliphatic heterocycles. The van der Waals surface area contributed by atoms with Gasteiger partial charge in [0, 0.05) is 6.04 Å². The molecule has 1 aromatic rings. The van der Waals surface area contributed by atoms with Gasteiger partial charge in [-0.3, -0.25) is 0 Å². The average molecular weight is 311 g/mol. The molecular formula is C11H16ClFN2O3S. The van der Waals surface area contributed by atoms with Crippen LogP contribution in [-0.2, 0) is 10.0 Å². The number of hydrogen-bond acceptors (Lipinski definition) is 4. The van der Waals surface area contributed by atoms with E-state index >= 15 is 0 Å². The fourth-order valence-corrected chi connectivity index (χ4v) is 2.39. The van der Waals surface area contributed by atoms with Gasteiger partial charge in [0.15, 0.2) is 11.6 Å². The average Bonchev–Trinajstić information content (AvgIpc) is 2.79. The standard InChI is InChI=1S/C11H15FN2O3S.ClH/c12-10-6-9(18(13,15)16)3-4-11(10)17-7-8-2-1-5-14-8;/h3-4,6,8,14H,1-2,5,7H2,(H2,13,15,16);1H. The van der Waals surface area contributed by atoms with Gasteiger partial charge in [0.2, 0.25) is 10.0 Å². The summed E-state index contributed by atoms with van der Waals surface area (Å²) in [6, 6.07) is 3.61. The van der Waals surface area contributed by atoms with E-state index in [9.17, 15) is 12.8 Å². The van der Waals surface area contributed by atoms with Gasteiger partial charge in [-0.1, -0.05) is 0 Å². The van der Waals surface area contributed by atoms with E-state index < -0.39 is 15.8 Å². The minimum Gasteiger partial charge on any atom is -0.489 e. The first-order chi connectivity index (χ1) is 8.47. The summed E-state index contributed by atoms with van der Waals surface area (Å²) in [5.41, 5.74) is 0. The molecule has 1 aromatic carbocycles. The SMILES string of the molecule is Cl.NS(=O)(=O)c1ccc(OCC2CCCN2)c(F)c1. The zero-order valence-corrected chi connectivity index (χ0v) is 11.8. The van der Waals surface area contributed by atoms with E-state index in [1.54, 1.807) is 0 Å². The summed E-state index contributed by atoms with van der Waals surface area (Å²) >= 11 is 0. The quantitative estimate of drug-likeness (QED) is 0.870. The third-order valence-corrected chi connectivity index (χ3v) is 3.75. The van der Waals surface area contributed by atoms with Gasteiger partial charge >= 0.3 is 0 Å². The van der Waals surface area contributed by atoms with Crippen LogP contribution < -0.4 is 15.2 Å². The Morgan fingerprint density at radius 1 is 1.47 bits per heavy atom. The number of ether oxygens (including phenoxy) is 1. The smallest absolute Gasteiger partial charge is 0.238 e. The van der Waals surface area contributed by atoms with Crippen LogP contribution in [-0.4, -0.2) is 27.6 Å². The predicted molar refractivity (Wildman–Crippen MR) is 71.5 cm³/mol. The molecular weight excluding hydrogens is 295 g/mol. The largest absolute Gasteiger partial charge is 0.489 e. The number of nitrogens with one attached hydrogen (secondary N) is 1. The first-order valence-electron chi connectivity index (χ1n) is 5.65. The molecule has 0 radical (unpaired) electrons. The van der Waals surface area contributed by atoms with Gasteiger partial charge in [-0.15, -0.1) is 12.4 Å². The summed E-state index contributed by atoms with van der Waals surface area (Å²) in [6.45, 7) is 1.31. The summed E-state index contributed by atoms with van der Waals surface area (Å²) < 4.78 is 41.0. The van der Waals surface area contributed by atoms with Crippen molar-refractivity contribution in [1.82, 2.24) is 5.32 Å². The molecule has 2 rings (SSSR count). The Bertz CT molecular complexity index is 533. The number of nitrogens with two attached hydrogens (primary N) is 1. The van der Waals surface area contributed by atoms with Crippen molar-refractivity contribution in [2.45, 2.75) is 23.8 Å². The van der Waals surface area contributed by atoms with Crippen LogP contribution in [0.25, 0.3) is 0 Å². The lowest BCUT2D eigenvalue weighted by Crippen LogP contribution is -2.28. The van der Waals surface area contributed by atoms with E-state index in [-0.39, 0.29) is 29.1 Å². The number of rotatable bonds is 4. The van der Waals surface area contributed by atoms with Gasteiger partial charge in [0.05, 0.1) is 4.90 Å². The Balaban J connectivity index is 0.00000180. The first kappa shape index (κ1) is 16.2. The molecule has 0 bridgehead atoms. The maximum Gasteiger partial charge on any atom is 0.238 e. The molecule has 0 aliphatic carbocycles. The van der Waals surface area contributed by atoms with Gasteiger partial charge in [0.25, 0.3) is 0 Å². The molecule has 108 valence electrons. The molecule has 1 unspecified atom stereocenters. The second-order valence-electron chi connectivity index (χ2n) is 4.24. The summed E-state index contributed by atoms with van der Waals surface area (Å²) in [7, 11) is -3.88. The van der Waals surface area contributed by atoms with Crippen LogP contribution in [0.3, 0.4) is 0 Å². The van der Waals surface area contributed by atoms with Gasteiger partial charge < -0.3 is 10.1 Å². The van der Waals surface area contributed by atoms with Crippen LogP contribution in [0.2, 0.25) is 0 Å². The van der Waals surface area contributed by atoms with Crippen molar-refractivity contribution in [3.8, 4) is 5.75 Å². The third-order valence-electron chi connectivity index (χ3n) is 2.83. The van der Waals surface area contributed by atoms with E-state index in [1.807, 2.05) is 0 Å². The molecule has 0 amide bonds. The number of halogens is 2. The molecule has 0 aromatic heterocycles. The highest BCUT2D eigenvalue weighted by molar-refractivity contribution is 7.89. The van der Waals surface area contributed by atoms with Crippen LogP contribution in [0.15, 0.2) is 23.1 Å². The molecule has 3 N–H and O–H groups in total. The van der Waals surface area contributed by atoms with Crippen molar-refractivity contribution in [3.05, 3.63) is 24.0 Å². The monoisotopic (exact) mass is 310 g/mol. The molecule has 1 atom stereocenters. The highest BCUT2D eigenvalue weighted by Gasteiger charge is 2.16. The number of benzene rings is 1. The van der Waals surface area contributed by atoms with Crippen molar-refractivity contribution in [1.29, 1.82) is 0 Å². The van der Waals surface area contributed by atoms with Crippen LogP contribution in [0.4, 0.5) is 4.39 Å². The zero-order valence-electron chi connectivity index (χ0n) is 10.1. The Morgan fingerprint density at radius 2 is 2.21 bits per heavy atom. The van der Waals surface area contributed by atoms with E-state index in [2.05, 4.69) is 5.32 Å². The lowest BCUT2D eigenvalue weighted by molar-refractivity contribution is 0.265. The van der Waals surface area contributed by atoms with Gasteiger partial charge in [-0.2, -0.15) is 0 Å². The van der Waals surface area contributed by atoms with E-state index in [4.69, 9.17) is 9.88 Å². The van der Waals surface area contributed by atoms with E-state index in [0.717, 1.165) is 25.5 Å². The Kier molecular flexibility index (Phi) is 5.54. The van der Waals surface area contributed by atoms with Crippen molar-refractivity contribution >= 4 is 22.4 Å². The van der Waals surface area contributed by atoms with E-state index in [1.165, 1.54) is 12.1 Å². The summed E-state index contributed by atoms with van der Waals surface area (Å²) in [6.07, 6.45) is 2.08.